The van der Waals surface area contributed by atoms with Gasteiger partial charge in [0, 0.05) is 33.4 Å². The normalized spacial score (nSPS) is 11.4. The number of ether oxygens (including phenoxy) is 1. The number of hydrogen-bond acceptors (Lipinski definition) is 3. The molecule has 0 saturated heterocycles. The van der Waals surface area contributed by atoms with Crippen molar-refractivity contribution in [2.45, 2.75) is 40.5 Å². The number of esters is 1. The summed E-state index contributed by atoms with van der Waals surface area (Å²) in [4.78, 5) is 19.8. The molecule has 3 rings (SSSR count). The predicted octanol–water partition coefficient (Wildman–Crippen LogP) is 4.79. The molecule has 4 nitrogen and oxygen atoms in total. The molecule has 0 atom stereocenters. The van der Waals surface area contributed by atoms with Crippen molar-refractivity contribution in [3.63, 3.8) is 0 Å². The van der Waals surface area contributed by atoms with Gasteiger partial charge in [0.05, 0.1) is 6.61 Å². The van der Waals surface area contributed by atoms with Crippen molar-refractivity contribution in [3.05, 3.63) is 39.5 Å². The van der Waals surface area contributed by atoms with Crippen LogP contribution in [0.25, 0.3) is 21.9 Å². The molecule has 0 fully saturated rings. The molecule has 1 aromatic carbocycles. The van der Waals surface area contributed by atoms with Crippen LogP contribution in [0.3, 0.4) is 0 Å². The van der Waals surface area contributed by atoms with Crippen LogP contribution < -0.4 is 0 Å². The van der Waals surface area contributed by atoms with Crippen LogP contribution in [0.5, 0.6) is 0 Å². The van der Waals surface area contributed by atoms with Gasteiger partial charge in [-0.2, -0.15) is 0 Å². The molecular formula is C19H21ClN2O2. The van der Waals surface area contributed by atoms with Crippen LogP contribution in [0, 0.1) is 20.8 Å². The van der Waals surface area contributed by atoms with Crippen molar-refractivity contribution < 1.29 is 9.53 Å². The highest BCUT2D eigenvalue weighted by Crippen LogP contribution is 2.33. The predicted molar refractivity (Wildman–Crippen MR) is 97.8 cm³/mol. The second-order valence-corrected chi connectivity index (χ2v) is 6.51. The number of halogens is 1. The molecule has 0 aliphatic heterocycles. The van der Waals surface area contributed by atoms with Crippen LogP contribution in [-0.2, 0) is 16.0 Å². The van der Waals surface area contributed by atoms with Crippen LogP contribution in [0.1, 0.15) is 35.7 Å². The lowest BCUT2D eigenvalue weighted by Crippen LogP contribution is -2.07. The molecule has 0 aliphatic carbocycles. The highest BCUT2D eigenvalue weighted by Gasteiger charge is 2.16. The number of nitrogens with zero attached hydrogens (tertiary/aromatic N) is 1. The molecule has 24 heavy (non-hydrogen) atoms. The lowest BCUT2D eigenvalue weighted by molar-refractivity contribution is -0.143. The maximum Gasteiger partial charge on any atom is 0.306 e. The smallest absolute Gasteiger partial charge is 0.306 e. The topological polar surface area (TPSA) is 55.0 Å². The summed E-state index contributed by atoms with van der Waals surface area (Å²) >= 11 is 6.31. The summed E-state index contributed by atoms with van der Waals surface area (Å²) in [5.74, 6) is -0.172. The number of H-pyrrole nitrogens is 1. The van der Waals surface area contributed by atoms with Crippen LogP contribution in [0.4, 0.5) is 0 Å². The zero-order valence-corrected chi connectivity index (χ0v) is 15.2. The molecule has 0 saturated carbocycles. The third-order valence-corrected chi connectivity index (χ3v) is 4.89. The number of carbonyl (C=O) groups excluding carboxylic acids is 1. The molecule has 1 N–H and O–H groups in total. The van der Waals surface area contributed by atoms with E-state index < -0.39 is 0 Å². The number of benzene rings is 1. The first kappa shape index (κ1) is 16.8. The zero-order valence-electron chi connectivity index (χ0n) is 14.4. The Bertz CT molecular complexity index is 944. The Labute approximate surface area is 146 Å². The van der Waals surface area contributed by atoms with Gasteiger partial charge in [-0.3, -0.25) is 4.79 Å². The Morgan fingerprint density at radius 1 is 1.29 bits per heavy atom. The third-order valence-electron chi connectivity index (χ3n) is 4.49. The SMILES string of the molecule is CCOC(=O)CCc1c(C)nc2[nH]c3cc(C)c(Cl)cc3c2c1C. The van der Waals surface area contributed by atoms with Crippen molar-refractivity contribution in [1.29, 1.82) is 0 Å². The van der Waals surface area contributed by atoms with Crippen molar-refractivity contribution in [1.82, 2.24) is 9.97 Å². The summed E-state index contributed by atoms with van der Waals surface area (Å²) in [6, 6.07) is 4.04. The highest BCUT2D eigenvalue weighted by molar-refractivity contribution is 6.32. The van der Waals surface area contributed by atoms with Gasteiger partial charge in [-0.05, 0) is 62.9 Å². The summed E-state index contributed by atoms with van der Waals surface area (Å²) in [6.07, 6.45) is 0.997. The van der Waals surface area contributed by atoms with E-state index in [4.69, 9.17) is 21.3 Å². The molecule has 0 spiro atoms. The van der Waals surface area contributed by atoms with E-state index in [1.54, 1.807) is 0 Å². The minimum absolute atomic E-state index is 0.172. The van der Waals surface area contributed by atoms with Crippen molar-refractivity contribution in [3.8, 4) is 0 Å². The molecule has 0 radical (unpaired) electrons. The second-order valence-electron chi connectivity index (χ2n) is 6.10. The van der Waals surface area contributed by atoms with Crippen LogP contribution in [-0.4, -0.2) is 22.5 Å². The summed E-state index contributed by atoms with van der Waals surface area (Å²) < 4.78 is 5.03. The fourth-order valence-corrected chi connectivity index (χ4v) is 3.42. The summed E-state index contributed by atoms with van der Waals surface area (Å²) in [6.45, 7) is 8.28. The van der Waals surface area contributed by atoms with E-state index in [0.717, 1.165) is 49.3 Å². The van der Waals surface area contributed by atoms with Crippen LogP contribution in [0.15, 0.2) is 12.1 Å². The first-order chi connectivity index (χ1) is 11.4. The van der Waals surface area contributed by atoms with Gasteiger partial charge in [0.1, 0.15) is 5.65 Å². The molecule has 5 heteroatoms. The summed E-state index contributed by atoms with van der Waals surface area (Å²) in [5.41, 5.74) is 6.12. The van der Waals surface area contributed by atoms with Gasteiger partial charge in [0.2, 0.25) is 0 Å². The lowest BCUT2D eigenvalue weighted by Gasteiger charge is -2.10. The molecule has 2 heterocycles. The first-order valence-electron chi connectivity index (χ1n) is 8.15. The number of pyridine rings is 1. The molecule has 0 unspecified atom stereocenters. The van der Waals surface area contributed by atoms with Crippen molar-refractivity contribution >= 4 is 39.5 Å². The molecule has 126 valence electrons. The Balaban J connectivity index is 2.12. The number of aromatic amines is 1. The zero-order chi connectivity index (χ0) is 17.4. The number of nitrogens with one attached hydrogen (secondary N) is 1. The lowest BCUT2D eigenvalue weighted by atomic mass is 9.98. The number of carbonyl (C=O) groups is 1. The second kappa shape index (κ2) is 6.44. The van der Waals surface area contributed by atoms with Crippen LogP contribution in [0.2, 0.25) is 5.02 Å². The van der Waals surface area contributed by atoms with E-state index in [1.165, 1.54) is 0 Å². The Hall–Kier alpha value is -2.07. The average molecular weight is 345 g/mol. The van der Waals surface area contributed by atoms with E-state index in [0.29, 0.717) is 19.4 Å². The van der Waals surface area contributed by atoms with Crippen molar-refractivity contribution in [2.75, 3.05) is 6.61 Å². The fraction of sp³-hybridized carbons (Fsp3) is 0.368. The van der Waals surface area contributed by atoms with Gasteiger partial charge in [0.25, 0.3) is 0 Å². The average Bonchev–Trinajstić information content (AvgIpc) is 2.84. The first-order valence-corrected chi connectivity index (χ1v) is 8.53. The van der Waals surface area contributed by atoms with Gasteiger partial charge < -0.3 is 9.72 Å². The van der Waals surface area contributed by atoms with E-state index in [1.807, 2.05) is 32.9 Å². The highest BCUT2D eigenvalue weighted by atomic mass is 35.5. The fourth-order valence-electron chi connectivity index (χ4n) is 3.26. The monoisotopic (exact) mass is 344 g/mol. The van der Waals surface area contributed by atoms with E-state index in [2.05, 4.69) is 11.9 Å². The molecule has 0 aliphatic rings. The van der Waals surface area contributed by atoms with E-state index in [9.17, 15) is 4.79 Å². The van der Waals surface area contributed by atoms with Gasteiger partial charge in [-0.25, -0.2) is 4.98 Å². The van der Waals surface area contributed by atoms with Gasteiger partial charge in [-0.15, -0.1) is 0 Å². The molecule has 0 bridgehead atoms. The van der Waals surface area contributed by atoms with Gasteiger partial charge in [-0.1, -0.05) is 11.6 Å². The maximum absolute atomic E-state index is 11.7. The van der Waals surface area contributed by atoms with E-state index in [-0.39, 0.29) is 5.97 Å². The number of aryl methyl sites for hydroxylation is 3. The number of fused-ring (bicyclic) bond motifs is 3. The number of hydrogen-bond donors (Lipinski definition) is 1. The quantitative estimate of drug-likeness (QED) is 0.692. The third kappa shape index (κ3) is 2.86. The molecule has 0 amide bonds. The summed E-state index contributed by atoms with van der Waals surface area (Å²) in [7, 11) is 0. The van der Waals surface area contributed by atoms with Gasteiger partial charge >= 0.3 is 5.97 Å². The Kier molecular flexibility index (Phi) is 4.50. The molecule has 2 aromatic heterocycles. The molecule has 3 aromatic rings. The minimum Gasteiger partial charge on any atom is -0.466 e. The Morgan fingerprint density at radius 2 is 2.04 bits per heavy atom. The maximum atomic E-state index is 11.7. The summed E-state index contributed by atoms with van der Waals surface area (Å²) in [5, 5.41) is 2.90. The largest absolute Gasteiger partial charge is 0.466 e. The number of rotatable bonds is 4. The number of aromatic nitrogens is 2. The van der Waals surface area contributed by atoms with Crippen molar-refractivity contribution in [2.24, 2.45) is 0 Å². The Morgan fingerprint density at radius 3 is 2.75 bits per heavy atom. The van der Waals surface area contributed by atoms with Crippen LogP contribution >= 0.6 is 11.6 Å². The minimum atomic E-state index is -0.172. The molecular weight excluding hydrogens is 324 g/mol. The van der Waals surface area contributed by atoms with E-state index >= 15 is 0 Å². The van der Waals surface area contributed by atoms with Gasteiger partial charge in [0.15, 0.2) is 0 Å². The standard InChI is InChI=1S/C19H21ClN2O2/c1-5-24-17(23)7-6-13-11(3)18-14-9-15(20)10(2)8-16(14)22-19(18)21-12(13)4/h8-9H,5-7H2,1-4H3,(H,21,22).